The maximum Gasteiger partial charge on any atom is 0.228 e. The zero-order valence-electron chi connectivity index (χ0n) is 22.6. The van der Waals surface area contributed by atoms with E-state index in [1.807, 2.05) is 48.7 Å². The van der Waals surface area contributed by atoms with Crippen LogP contribution in [0.3, 0.4) is 0 Å². The van der Waals surface area contributed by atoms with E-state index in [0.717, 1.165) is 76.4 Å². The molecule has 6 heterocycles. The lowest BCUT2D eigenvalue weighted by molar-refractivity contribution is -0.115. The van der Waals surface area contributed by atoms with Crippen LogP contribution in [0.1, 0.15) is 5.56 Å². The molecular formula is C31H29N9O. The van der Waals surface area contributed by atoms with Gasteiger partial charge in [-0.05, 0) is 36.9 Å². The molecule has 1 fully saturated rings. The van der Waals surface area contributed by atoms with E-state index in [1.165, 1.54) is 0 Å². The molecule has 10 heteroatoms. The van der Waals surface area contributed by atoms with Gasteiger partial charge < -0.3 is 20.1 Å². The molecule has 41 heavy (non-hydrogen) atoms. The molecule has 0 saturated carbocycles. The number of carbonyl (C=O) groups excluding carboxylic acids is 1. The molecule has 0 aliphatic carbocycles. The number of pyridine rings is 3. The number of aromatic amines is 2. The Morgan fingerprint density at radius 3 is 2.61 bits per heavy atom. The zero-order chi connectivity index (χ0) is 27.8. The average molecular weight is 544 g/mol. The molecule has 3 N–H and O–H groups in total. The van der Waals surface area contributed by atoms with E-state index in [2.05, 4.69) is 59.4 Å². The van der Waals surface area contributed by atoms with Crippen molar-refractivity contribution >= 4 is 39.3 Å². The third-order valence-electron chi connectivity index (χ3n) is 7.56. The molecule has 6 aromatic rings. The van der Waals surface area contributed by atoms with Gasteiger partial charge in [-0.25, -0.2) is 9.97 Å². The van der Waals surface area contributed by atoms with Crippen LogP contribution in [0, 0.1) is 0 Å². The predicted molar refractivity (Wildman–Crippen MR) is 161 cm³/mol. The molecule has 10 nitrogen and oxygen atoms in total. The molecule has 204 valence electrons. The predicted octanol–water partition coefficient (Wildman–Crippen LogP) is 4.50. The standard InChI is InChI=1S/C31H29N9O/c1-39-9-11-40(12-10-39)31-24-16-27(36-26(24)7-8-33-31)29-25-15-22(18-34-30(25)38-37-29)21-14-23(19-32-17-21)35-28(41)13-20-5-3-2-4-6-20/h2-8,14-19,36H,9-13H2,1H3,(H,35,41)(H,34,37,38). The number of piperazine rings is 1. The number of nitrogens with one attached hydrogen (secondary N) is 3. The number of hydrogen-bond donors (Lipinski definition) is 3. The molecular weight excluding hydrogens is 514 g/mol. The monoisotopic (exact) mass is 543 g/mol. The number of nitrogens with zero attached hydrogens (tertiary/aromatic N) is 6. The Labute approximate surface area is 236 Å². The van der Waals surface area contributed by atoms with E-state index in [0.29, 0.717) is 17.8 Å². The maximum atomic E-state index is 12.6. The second-order valence-electron chi connectivity index (χ2n) is 10.4. The van der Waals surface area contributed by atoms with E-state index in [1.54, 1.807) is 18.6 Å². The van der Waals surface area contributed by atoms with Gasteiger partial charge >= 0.3 is 0 Å². The van der Waals surface area contributed by atoms with Crippen molar-refractivity contribution in [2.45, 2.75) is 6.42 Å². The third kappa shape index (κ3) is 5.01. The first-order valence-corrected chi connectivity index (χ1v) is 13.7. The van der Waals surface area contributed by atoms with Gasteiger partial charge in [-0.15, -0.1) is 0 Å². The number of carbonyl (C=O) groups is 1. The van der Waals surface area contributed by atoms with Crippen LogP contribution in [0.15, 0.2) is 79.4 Å². The van der Waals surface area contributed by atoms with Gasteiger partial charge in [-0.3, -0.25) is 14.9 Å². The second kappa shape index (κ2) is 10.5. The van der Waals surface area contributed by atoms with Crippen LogP contribution in [-0.4, -0.2) is 74.2 Å². The van der Waals surface area contributed by atoms with Crippen molar-refractivity contribution in [2.75, 3.05) is 43.4 Å². The molecule has 1 aliphatic rings. The Balaban J connectivity index is 1.18. The van der Waals surface area contributed by atoms with E-state index in [4.69, 9.17) is 4.98 Å². The van der Waals surface area contributed by atoms with Crippen molar-refractivity contribution in [3.63, 3.8) is 0 Å². The van der Waals surface area contributed by atoms with Crippen molar-refractivity contribution in [1.29, 1.82) is 0 Å². The Kier molecular flexibility index (Phi) is 6.36. The van der Waals surface area contributed by atoms with Gasteiger partial charge in [0.1, 0.15) is 11.5 Å². The molecule has 0 radical (unpaired) electrons. The van der Waals surface area contributed by atoms with Crippen molar-refractivity contribution in [1.82, 2.24) is 35.0 Å². The number of H-pyrrole nitrogens is 2. The fourth-order valence-corrected chi connectivity index (χ4v) is 5.36. The van der Waals surface area contributed by atoms with Crippen LogP contribution in [0.4, 0.5) is 11.5 Å². The van der Waals surface area contributed by atoms with Gasteiger partial charge in [-0.2, -0.15) is 5.10 Å². The first-order valence-electron chi connectivity index (χ1n) is 13.7. The summed E-state index contributed by atoms with van der Waals surface area (Å²) in [6.45, 7) is 3.92. The average Bonchev–Trinajstić information content (AvgIpc) is 3.62. The van der Waals surface area contributed by atoms with Crippen molar-refractivity contribution in [3.8, 4) is 22.5 Å². The van der Waals surface area contributed by atoms with Crippen LogP contribution in [-0.2, 0) is 11.2 Å². The number of benzene rings is 1. The van der Waals surface area contributed by atoms with E-state index < -0.39 is 0 Å². The highest BCUT2D eigenvalue weighted by atomic mass is 16.1. The topological polar surface area (TPSA) is 119 Å². The largest absolute Gasteiger partial charge is 0.353 e. The molecule has 0 atom stereocenters. The fourth-order valence-electron chi connectivity index (χ4n) is 5.36. The number of likely N-dealkylation sites (N-methyl/N-ethyl adjacent to an activating group) is 1. The molecule has 0 bridgehead atoms. The van der Waals surface area contributed by atoms with Crippen molar-refractivity contribution in [2.24, 2.45) is 0 Å². The lowest BCUT2D eigenvalue weighted by Gasteiger charge is -2.33. The first kappa shape index (κ1) is 24.9. The lowest BCUT2D eigenvalue weighted by atomic mass is 10.1. The molecule has 0 unspecified atom stereocenters. The Bertz CT molecular complexity index is 1850. The Hall–Kier alpha value is -5.09. The molecule has 1 saturated heterocycles. The summed E-state index contributed by atoms with van der Waals surface area (Å²) in [5.74, 6) is 0.902. The molecule has 0 spiro atoms. The number of anilines is 2. The smallest absolute Gasteiger partial charge is 0.228 e. The summed E-state index contributed by atoms with van der Waals surface area (Å²) in [6, 6.07) is 17.8. The number of hydrogen-bond acceptors (Lipinski definition) is 7. The third-order valence-corrected chi connectivity index (χ3v) is 7.56. The van der Waals surface area contributed by atoms with Crippen molar-refractivity contribution < 1.29 is 4.79 Å². The lowest BCUT2D eigenvalue weighted by Crippen LogP contribution is -2.44. The quantitative estimate of drug-likeness (QED) is 0.283. The van der Waals surface area contributed by atoms with Crippen LogP contribution < -0.4 is 10.2 Å². The van der Waals surface area contributed by atoms with Crippen molar-refractivity contribution in [3.05, 3.63) is 84.9 Å². The summed E-state index contributed by atoms with van der Waals surface area (Å²) in [7, 11) is 2.15. The number of aromatic nitrogens is 6. The maximum absolute atomic E-state index is 12.6. The Morgan fingerprint density at radius 2 is 1.76 bits per heavy atom. The van der Waals surface area contributed by atoms with Gasteiger partial charge in [0, 0.05) is 66.7 Å². The van der Waals surface area contributed by atoms with E-state index in [-0.39, 0.29) is 5.91 Å². The highest BCUT2D eigenvalue weighted by Gasteiger charge is 2.20. The summed E-state index contributed by atoms with van der Waals surface area (Å²) < 4.78 is 0. The fraction of sp³-hybridized carbons (Fsp3) is 0.194. The highest BCUT2D eigenvalue weighted by molar-refractivity contribution is 5.99. The van der Waals surface area contributed by atoms with Gasteiger partial charge in [0.2, 0.25) is 5.91 Å². The number of rotatable bonds is 6. The minimum Gasteiger partial charge on any atom is -0.353 e. The van der Waals surface area contributed by atoms with Crippen LogP contribution >= 0.6 is 0 Å². The highest BCUT2D eigenvalue weighted by Crippen LogP contribution is 2.33. The summed E-state index contributed by atoms with van der Waals surface area (Å²) in [6.07, 6.45) is 7.37. The minimum atomic E-state index is -0.0925. The van der Waals surface area contributed by atoms with E-state index >= 15 is 0 Å². The van der Waals surface area contributed by atoms with E-state index in [9.17, 15) is 4.79 Å². The van der Waals surface area contributed by atoms with Crippen LogP contribution in [0.2, 0.25) is 0 Å². The SMILES string of the molecule is CN1CCN(c2nccc3[nH]c(-c4n[nH]c5ncc(-c6cncc(NC(=O)Cc7ccccc7)c6)cc45)cc23)CC1. The van der Waals surface area contributed by atoms with Crippen LogP contribution in [0.25, 0.3) is 44.5 Å². The summed E-state index contributed by atoms with van der Waals surface area (Å²) in [4.78, 5) is 34.6. The second-order valence-corrected chi connectivity index (χ2v) is 10.4. The van der Waals surface area contributed by atoms with Gasteiger partial charge in [0.05, 0.1) is 29.5 Å². The van der Waals surface area contributed by atoms with Gasteiger partial charge in [-0.1, -0.05) is 30.3 Å². The van der Waals surface area contributed by atoms with Crippen LogP contribution in [0.5, 0.6) is 0 Å². The molecule has 1 aliphatic heterocycles. The minimum absolute atomic E-state index is 0.0925. The number of amides is 1. The molecule has 7 rings (SSSR count). The normalized spacial score (nSPS) is 14.1. The summed E-state index contributed by atoms with van der Waals surface area (Å²) >= 11 is 0. The molecule has 1 amide bonds. The van der Waals surface area contributed by atoms with Gasteiger partial charge in [0.25, 0.3) is 0 Å². The van der Waals surface area contributed by atoms with Gasteiger partial charge in [0.15, 0.2) is 5.65 Å². The number of fused-ring (bicyclic) bond motifs is 2. The molecule has 1 aromatic carbocycles. The first-order chi connectivity index (χ1) is 20.1. The molecule has 5 aromatic heterocycles. The summed E-state index contributed by atoms with van der Waals surface area (Å²) in [5, 5.41) is 12.6. The summed E-state index contributed by atoms with van der Waals surface area (Å²) in [5.41, 5.74) is 6.72. The Morgan fingerprint density at radius 1 is 0.927 bits per heavy atom. The zero-order valence-corrected chi connectivity index (χ0v) is 22.6.